The van der Waals surface area contributed by atoms with Gasteiger partial charge >= 0.3 is 0 Å². The van der Waals surface area contributed by atoms with Crippen molar-refractivity contribution in [1.29, 1.82) is 0 Å². The average Bonchev–Trinajstić information content (AvgIpc) is 3.07. The third kappa shape index (κ3) is 2.27. The lowest BCUT2D eigenvalue weighted by atomic mass is 10.2. The predicted octanol–water partition coefficient (Wildman–Crippen LogP) is 3.81. The highest BCUT2D eigenvalue weighted by atomic mass is 32.1. The van der Waals surface area contributed by atoms with E-state index in [2.05, 4.69) is 15.3 Å². The van der Waals surface area contributed by atoms with Gasteiger partial charge in [0, 0.05) is 6.20 Å². The van der Waals surface area contributed by atoms with Crippen molar-refractivity contribution in [3.8, 4) is 0 Å². The molecule has 0 atom stereocenters. The Morgan fingerprint density at radius 3 is 2.83 bits per heavy atom. The third-order valence-corrected chi connectivity index (χ3v) is 4.70. The van der Waals surface area contributed by atoms with E-state index in [1.807, 2.05) is 56.4 Å². The first kappa shape index (κ1) is 13.9. The number of aromatic nitrogens is 3. The summed E-state index contributed by atoms with van der Waals surface area (Å²) in [6.45, 7) is 3.85. The van der Waals surface area contributed by atoms with Gasteiger partial charge in [-0.25, -0.2) is 9.97 Å². The fourth-order valence-electron chi connectivity index (χ4n) is 2.68. The summed E-state index contributed by atoms with van der Waals surface area (Å²) in [4.78, 5) is 21.6. The number of rotatable bonds is 2. The van der Waals surface area contributed by atoms with E-state index in [4.69, 9.17) is 0 Å². The molecule has 6 heteroatoms. The molecule has 1 amide bonds. The second kappa shape index (κ2) is 5.17. The van der Waals surface area contributed by atoms with Crippen LogP contribution in [0.1, 0.15) is 21.7 Å². The van der Waals surface area contributed by atoms with Gasteiger partial charge < -0.3 is 0 Å². The van der Waals surface area contributed by atoms with Crippen LogP contribution in [-0.4, -0.2) is 20.3 Å². The third-order valence-electron chi connectivity index (χ3n) is 3.76. The molecule has 23 heavy (non-hydrogen) atoms. The number of fused-ring (bicyclic) bond motifs is 2. The maximum Gasteiger partial charge on any atom is 0.276 e. The normalized spacial score (nSPS) is 11.2. The predicted molar refractivity (Wildman–Crippen MR) is 92.2 cm³/mol. The standard InChI is InChI=1S/C17H14N4OS/c1-10-6-5-7-12-14(10)19-17(23-12)20-16(22)15-11(2)18-13-8-3-4-9-21(13)15/h3-9H,1-2H3,(H,19,20,22). The van der Waals surface area contributed by atoms with Crippen LogP contribution in [0.2, 0.25) is 0 Å². The molecule has 0 aliphatic rings. The first-order chi connectivity index (χ1) is 11.1. The zero-order valence-electron chi connectivity index (χ0n) is 12.7. The number of anilines is 1. The first-order valence-corrected chi connectivity index (χ1v) is 8.06. The van der Waals surface area contributed by atoms with Crippen LogP contribution < -0.4 is 5.32 Å². The Morgan fingerprint density at radius 1 is 1.13 bits per heavy atom. The maximum atomic E-state index is 12.7. The summed E-state index contributed by atoms with van der Waals surface area (Å²) >= 11 is 1.48. The van der Waals surface area contributed by atoms with Gasteiger partial charge in [0.2, 0.25) is 0 Å². The molecule has 5 nitrogen and oxygen atoms in total. The van der Waals surface area contributed by atoms with Crippen molar-refractivity contribution >= 4 is 38.2 Å². The van der Waals surface area contributed by atoms with E-state index < -0.39 is 0 Å². The number of benzene rings is 1. The minimum Gasteiger partial charge on any atom is -0.296 e. The minimum atomic E-state index is -0.196. The highest BCUT2D eigenvalue weighted by Crippen LogP contribution is 2.28. The molecule has 4 rings (SSSR count). The Hall–Kier alpha value is -2.73. The van der Waals surface area contributed by atoms with E-state index in [9.17, 15) is 4.79 Å². The molecule has 0 radical (unpaired) electrons. The lowest BCUT2D eigenvalue weighted by Crippen LogP contribution is -2.15. The number of carbonyl (C=O) groups is 1. The number of carbonyl (C=O) groups excluding carboxylic acids is 1. The number of imidazole rings is 1. The highest BCUT2D eigenvalue weighted by molar-refractivity contribution is 7.22. The van der Waals surface area contributed by atoms with Crippen LogP contribution in [0.3, 0.4) is 0 Å². The highest BCUT2D eigenvalue weighted by Gasteiger charge is 2.18. The minimum absolute atomic E-state index is 0.196. The molecule has 3 aromatic heterocycles. The van der Waals surface area contributed by atoms with Crippen molar-refractivity contribution in [3.05, 3.63) is 59.5 Å². The van der Waals surface area contributed by atoms with Crippen molar-refractivity contribution in [2.75, 3.05) is 5.32 Å². The van der Waals surface area contributed by atoms with Gasteiger partial charge in [-0.3, -0.25) is 14.5 Å². The van der Waals surface area contributed by atoms with Gasteiger partial charge in [0.25, 0.3) is 5.91 Å². The Morgan fingerprint density at radius 2 is 2.00 bits per heavy atom. The lowest BCUT2D eigenvalue weighted by molar-refractivity contribution is 0.102. The van der Waals surface area contributed by atoms with Crippen LogP contribution in [-0.2, 0) is 0 Å². The van der Waals surface area contributed by atoms with Crippen molar-refractivity contribution < 1.29 is 4.79 Å². The summed E-state index contributed by atoms with van der Waals surface area (Å²) in [6, 6.07) is 11.7. The zero-order chi connectivity index (χ0) is 16.0. The number of pyridine rings is 1. The second-order valence-electron chi connectivity index (χ2n) is 5.37. The van der Waals surface area contributed by atoms with Crippen LogP contribution in [0.5, 0.6) is 0 Å². The van der Waals surface area contributed by atoms with Crippen LogP contribution in [0.25, 0.3) is 15.9 Å². The fraction of sp³-hybridized carbons (Fsp3) is 0.118. The van der Waals surface area contributed by atoms with Crippen molar-refractivity contribution in [2.45, 2.75) is 13.8 Å². The summed E-state index contributed by atoms with van der Waals surface area (Å²) in [5.41, 5.74) is 4.03. The number of thiazole rings is 1. The van der Waals surface area contributed by atoms with Gasteiger partial charge in [-0.1, -0.05) is 29.5 Å². The Kier molecular flexibility index (Phi) is 3.12. The van der Waals surface area contributed by atoms with Crippen molar-refractivity contribution in [3.63, 3.8) is 0 Å². The van der Waals surface area contributed by atoms with Gasteiger partial charge in [-0.2, -0.15) is 0 Å². The van der Waals surface area contributed by atoms with Crippen molar-refractivity contribution in [1.82, 2.24) is 14.4 Å². The van der Waals surface area contributed by atoms with E-state index in [0.29, 0.717) is 16.5 Å². The molecule has 1 N–H and O–H groups in total. The van der Waals surface area contributed by atoms with Gasteiger partial charge in [-0.05, 0) is 37.6 Å². The van der Waals surface area contributed by atoms with Gasteiger partial charge in [-0.15, -0.1) is 0 Å². The van der Waals surface area contributed by atoms with Gasteiger partial charge in [0.15, 0.2) is 5.13 Å². The number of para-hydroxylation sites is 1. The molecule has 0 aliphatic heterocycles. The van der Waals surface area contributed by atoms with E-state index >= 15 is 0 Å². The summed E-state index contributed by atoms with van der Waals surface area (Å²) in [5, 5.41) is 3.50. The SMILES string of the molecule is Cc1nc2ccccn2c1C(=O)Nc1nc2c(C)cccc2s1. The molecule has 4 aromatic rings. The number of aryl methyl sites for hydroxylation is 2. The van der Waals surface area contributed by atoms with E-state index in [1.54, 1.807) is 4.40 Å². The number of nitrogens with zero attached hydrogens (tertiary/aromatic N) is 3. The van der Waals surface area contributed by atoms with Crippen molar-refractivity contribution in [2.24, 2.45) is 0 Å². The summed E-state index contributed by atoms with van der Waals surface area (Å²) < 4.78 is 2.86. The molecule has 0 bridgehead atoms. The van der Waals surface area contributed by atoms with Crippen LogP contribution >= 0.6 is 11.3 Å². The van der Waals surface area contributed by atoms with E-state index in [-0.39, 0.29) is 5.91 Å². The van der Waals surface area contributed by atoms with E-state index in [0.717, 1.165) is 21.4 Å². The van der Waals surface area contributed by atoms with E-state index in [1.165, 1.54) is 11.3 Å². The second-order valence-corrected chi connectivity index (χ2v) is 6.40. The summed E-state index contributed by atoms with van der Waals surface area (Å²) in [7, 11) is 0. The number of hydrogen-bond donors (Lipinski definition) is 1. The van der Waals surface area contributed by atoms with Crippen LogP contribution in [0.15, 0.2) is 42.6 Å². The first-order valence-electron chi connectivity index (χ1n) is 7.24. The maximum absolute atomic E-state index is 12.7. The Labute approximate surface area is 136 Å². The Bertz CT molecular complexity index is 1050. The average molecular weight is 322 g/mol. The molecule has 0 saturated heterocycles. The van der Waals surface area contributed by atoms with Crippen LogP contribution in [0, 0.1) is 13.8 Å². The summed E-state index contributed by atoms with van der Waals surface area (Å²) in [6.07, 6.45) is 1.84. The van der Waals surface area contributed by atoms with Gasteiger partial charge in [0.05, 0.1) is 15.9 Å². The number of nitrogens with one attached hydrogen (secondary N) is 1. The molecule has 0 spiro atoms. The molecular formula is C17H14N4OS. The molecule has 114 valence electrons. The van der Waals surface area contributed by atoms with Crippen LogP contribution in [0.4, 0.5) is 5.13 Å². The molecule has 0 saturated carbocycles. The fourth-order valence-corrected chi connectivity index (χ4v) is 3.62. The summed E-state index contributed by atoms with van der Waals surface area (Å²) in [5.74, 6) is -0.196. The lowest BCUT2D eigenvalue weighted by Gasteiger charge is -2.02. The molecule has 0 unspecified atom stereocenters. The monoisotopic (exact) mass is 322 g/mol. The molecule has 1 aromatic carbocycles. The number of hydrogen-bond acceptors (Lipinski definition) is 4. The smallest absolute Gasteiger partial charge is 0.276 e. The molecular weight excluding hydrogens is 308 g/mol. The molecule has 0 aliphatic carbocycles. The van der Waals surface area contributed by atoms with Gasteiger partial charge in [0.1, 0.15) is 11.3 Å². The Balaban J connectivity index is 1.73. The zero-order valence-corrected chi connectivity index (χ0v) is 13.5. The molecule has 3 heterocycles. The molecule has 0 fully saturated rings. The quantitative estimate of drug-likeness (QED) is 0.610. The number of amides is 1. The largest absolute Gasteiger partial charge is 0.296 e. The topological polar surface area (TPSA) is 59.3 Å².